The number of benzene rings is 2. The lowest BCUT2D eigenvalue weighted by Crippen LogP contribution is -2.49. The molecule has 0 aromatic heterocycles. The molecule has 0 aliphatic carbocycles. The zero-order chi connectivity index (χ0) is 21.2. The van der Waals surface area contributed by atoms with Gasteiger partial charge in [0.15, 0.2) is 0 Å². The monoisotopic (exact) mass is 414 g/mol. The number of carbonyl (C=O) groups is 2. The van der Waals surface area contributed by atoms with Crippen molar-refractivity contribution in [2.24, 2.45) is 0 Å². The second kappa shape index (κ2) is 11.6. The van der Waals surface area contributed by atoms with Crippen molar-refractivity contribution in [3.8, 4) is 0 Å². The Morgan fingerprint density at radius 1 is 1.10 bits per heavy atom. The lowest BCUT2D eigenvalue weighted by Gasteiger charge is -2.31. The predicted octanol–water partition coefficient (Wildman–Crippen LogP) is 4.91. The van der Waals surface area contributed by atoms with Gasteiger partial charge in [-0.05, 0) is 43.4 Å². The van der Waals surface area contributed by atoms with Crippen LogP contribution in [0.3, 0.4) is 0 Å². The highest BCUT2D eigenvalue weighted by Crippen LogP contribution is 2.19. The summed E-state index contributed by atoms with van der Waals surface area (Å²) in [7, 11) is 0. The van der Waals surface area contributed by atoms with Crippen LogP contribution in [0, 0.1) is 6.92 Å². The van der Waals surface area contributed by atoms with Gasteiger partial charge in [0, 0.05) is 24.5 Å². The SMILES string of the molecule is CCCNC(=O)C(CC)N(Cc1cccc(C)c1)C(=O)CCc1ccccc1Cl. The minimum absolute atomic E-state index is 0.0371. The lowest BCUT2D eigenvalue weighted by atomic mass is 10.1. The van der Waals surface area contributed by atoms with Crippen LogP contribution in [0.25, 0.3) is 0 Å². The maximum atomic E-state index is 13.2. The number of rotatable bonds is 10. The maximum Gasteiger partial charge on any atom is 0.242 e. The van der Waals surface area contributed by atoms with Gasteiger partial charge in [-0.3, -0.25) is 9.59 Å². The number of nitrogens with zero attached hydrogens (tertiary/aromatic N) is 1. The molecule has 0 saturated heterocycles. The smallest absolute Gasteiger partial charge is 0.242 e. The van der Waals surface area contributed by atoms with Crippen molar-refractivity contribution in [3.05, 3.63) is 70.2 Å². The van der Waals surface area contributed by atoms with E-state index in [1.165, 1.54) is 0 Å². The minimum Gasteiger partial charge on any atom is -0.354 e. The van der Waals surface area contributed by atoms with Gasteiger partial charge in [-0.25, -0.2) is 0 Å². The second-order valence-corrected chi connectivity index (χ2v) is 7.72. The molecule has 0 heterocycles. The van der Waals surface area contributed by atoms with Crippen molar-refractivity contribution in [2.45, 2.75) is 59.0 Å². The molecule has 156 valence electrons. The summed E-state index contributed by atoms with van der Waals surface area (Å²) in [5, 5.41) is 3.61. The molecular formula is C24H31ClN2O2. The van der Waals surface area contributed by atoms with E-state index >= 15 is 0 Å². The molecule has 2 rings (SSSR count). The topological polar surface area (TPSA) is 49.4 Å². The Kier molecular flexibility index (Phi) is 9.20. The predicted molar refractivity (Wildman–Crippen MR) is 119 cm³/mol. The van der Waals surface area contributed by atoms with Gasteiger partial charge in [0.1, 0.15) is 6.04 Å². The molecular weight excluding hydrogens is 384 g/mol. The van der Waals surface area contributed by atoms with Gasteiger partial charge < -0.3 is 10.2 Å². The Labute approximate surface area is 179 Å². The molecule has 1 atom stereocenters. The molecule has 0 bridgehead atoms. The molecule has 1 unspecified atom stereocenters. The van der Waals surface area contributed by atoms with Crippen LogP contribution in [0.4, 0.5) is 0 Å². The summed E-state index contributed by atoms with van der Waals surface area (Å²) in [4.78, 5) is 27.7. The van der Waals surface area contributed by atoms with Gasteiger partial charge in [-0.15, -0.1) is 0 Å². The van der Waals surface area contributed by atoms with E-state index < -0.39 is 6.04 Å². The van der Waals surface area contributed by atoms with E-state index in [-0.39, 0.29) is 11.8 Å². The normalized spacial score (nSPS) is 11.7. The molecule has 2 aromatic carbocycles. The highest BCUT2D eigenvalue weighted by molar-refractivity contribution is 6.31. The van der Waals surface area contributed by atoms with Crippen LogP contribution in [-0.2, 0) is 22.6 Å². The molecule has 2 amide bonds. The number of halogens is 1. The zero-order valence-electron chi connectivity index (χ0n) is 17.6. The number of hydrogen-bond acceptors (Lipinski definition) is 2. The van der Waals surface area contributed by atoms with Gasteiger partial charge in [-0.1, -0.05) is 73.5 Å². The third-order valence-electron chi connectivity index (χ3n) is 4.94. The first-order valence-corrected chi connectivity index (χ1v) is 10.7. The maximum absolute atomic E-state index is 13.2. The lowest BCUT2D eigenvalue weighted by molar-refractivity contribution is -0.141. The number of aryl methyl sites for hydroxylation is 2. The number of nitrogens with one attached hydrogen (secondary N) is 1. The van der Waals surface area contributed by atoms with Crippen molar-refractivity contribution in [3.63, 3.8) is 0 Å². The third-order valence-corrected chi connectivity index (χ3v) is 5.31. The molecule has 1 N–H and O–H groups in total. The van der Waals surface area contributed by atoms with E-state index in [4.69, 9.17) is 11.6 Å². The fraction of sp³-hybridized carbons (Fsp3) is 0.417. The largest absolute Gasteiger partial charge is 0.354 e. The van der Waals surface area contributed by atoms with Crippen LogP contribution in [0.15, 0.2) is 48.5 Å². The van der Waals surface area contributed by atoms with E-state index in [1.54, 1.807) is 4.90 Å². The van der Waals surface area contributed by atoms with Crippen molar-refractivity contribution in [1.82, 2.24) is 10.2 Å². The molecule has 29 heavy (non-hydrogen) atoms. The zero-order valence-corrected chi connectivity index (χ0v) is 18.3. The fourth-order valence-corrected chi connectivity index (χ4v) is 3.61. The van der Waals surface area contributed by atoms with E-state index in [0.29, 0.717) is 37.4 Å². The highest BCUT2D eigenvalue weighted by atomic mass is 35.5. The van der Waals surface area contributed by atoms with Gasteiger partial charge >= 0.3 is 0 Å². The summed E-state index contributed by atoms with van der Waals surface area (Å²) in [5.74, 6) is -0.127. The molecule has 4 nitrogen and oxygen atoms in total. The number of carbonyl (C=O) groups excluding carboxylic acids is 2. The van der Waals surface area contributed by atoms with Crippen LogP contribution < -0.4 is 5.32 Å². The van der Waals surface area contributed by atoms with Crippen molar-refractivity contribution in [1.29, 1.82) is 0 Å². The van der Waals surface area contributed by atoms with Crippen molar-refractivity contribution >= 4 is 23.4 Å². The molecule has 0 saturated carbocycles. The van der Waals surface area contributed by atoms with Crippen LogP contribution in [0.2, 0.25) is 5.02 Å². The summed E-state index contributed by atoms with van der Waals surface area (Å²) >= 11 is 6.24. The van der Waals surface area contributed by atoms with Crippen LogP contribution in [0.1, 0.15) is 49.8 Å². The van der Waals surface area contributed by atoms with Gasteiger partial charge in [0.25, 0.3) is 0 Å². The van der Waals surface area contributed by atoms with E-state index in [0.717, 1.165) is 23.1 Å². The van der Waals surface area contributed by atoms with Crippen molar-refractivity contribution in [2.75, 3.05) is 6.54 Å². The van der Waals surface area contributed by atoms with E-state index in [9.17, 15) is 9.59 Å². The van der Waals surface area contributed by atoms with Crippen molar-refractivity contribution < 1.29 is 9.59 Å². The Bertz CT molecular complexity index is 822. The summed E-state index contributed by atoms with van der Waals surface area (Å²) in [5.41, 5.74) is 3.11. The Morgan fingerprint density at radius 3 is 2.52 bits per heavy atom. The molecule has 0 radical (unpaired) electrons. The van der Waals surface area contributed by atoms with Crippen LogP contribution in [-0.4, -0.2) is 29.3 Å². The molecule has 0 spiro atoms. The van der Waals surface area contributed by atoms with E-state index in [2.05, 4.69) is 11.4 Å². The Hall–Kier alpha value is -2.33. The standard InChI is InChI=1S/C24H31ClN2O2/c1-4-15-26-24(29)22(5-2)27(17-19-10-8-9-18(3)16-19)23(28)14-13-20-11-6-7-12-21(20)25/h6-12,16,22H,4-5,13-15,17H2,1-3H3,(H,26,29). The minimum atomic E-state index is -0.485. The van der Waals surface area contributed by atoms with Crippen LogP contribution in [0.5, 0.6) is 0 Å². The first-order chi connectivity index (χ1) is 14.0. The molecule has 2 aromatic rings. The average Bonchev–Trinajstić information content (AvgIpc) is 2.71. The number of amides is 2. The molecule has 0 fully saturated rings. The summed E-state index contributed by atoms with van der Waals surface area (Å²) in [6.07, 6.45) is 2.29. The fourth-order valence-electron chi connectivity index (χ4n) is 3.38. The molecule has 5 heteroatoms. The summed E-state index contributed by atoms with van der Waals surface area (Å²) < 4.78 is 0. The summed E-state index contributed by atoms with van der Waals surface area (Å²) in [6, 6.07) is 15.1. The van der Waals surface area contributed by atoms with Gasteiger partial charge in [-0.2, -0.15) is 0 Å². The van der Waals surface area contributed by atoms with Gasteiger partial charge in [0.2, 0.25) is 11.8 Å². The number of hydrogen-bond donors (Lipinski definition) is 1. The van der Waals surface area contributed by atoms with E-state index in [1.807, 2.05) is 63.2 Å². The molecule has 0 aliphatic heterocycles. The summed E-state index contributed by atoms with van der Waals surface area (Å²) in [6.45, 7) is 7.02. The second-order valence-electron chi connectivity index (χ2n) is 7.32. The third kappa shape index (κ3) is 6.90. The highest BCUT2D eigenvalue weighted by Gasteiger charge is 2.28. The molecule has 0 aliphatic rings. The first kappa shape index (κ1) is 23.0. The first-order valence-electron chi connectivity index (χ1n) is 10.3. The van der Waals surface area contributed by atoms with Crippen LogP contribution >= 0.6 is 11.6 Å². The Balaban J connectivity index is 2.20. The Morgan fingerprint density at radius 2 is 1.86 bits per heavy atom. The quantitative estimate of drug-likeness (QED) is 0.600. The average molecular weight is 415 g/mol. The van der Waals surface area contributed by atoms with Gasteiger partial charge in [0.05, 0.1) is 0 Å².